The summed E-state index contributed by atoms with van der Waals surface area (Å²) in [5, 5.41) is 8.51. The molecule has 2 atom stereocenters. The van der Waals surface area contributed by atoms with Gasteiger partial charge >= 0.3 is 11.9 Å². The van der Waals surface area contributed by atoms with Crippen molar-refractivity contribution < 1.29 is 33.5 Å². The number of hydrogen-bond donors (Lipinski definition) is 2. The molecule has 2 amide bonds. The zero-order chi connectivity index (χ0) is 42.8. The van der Waals surface area contributed by atoms with Crippen LogP contribution in [0.1, 0.15) is 48.2 Å². The smallest absolute Gasteiger partial charge is 0.355 e. The van der Waals surface area contributed by atoms with E-state index in [9.17, 15) is 19.2 Å². The van der Waals surface area contributed by atoms with Gasteiger partial charge in [0.25, 0.3) is 11.8 Å². The van der Waals surface area contributed by atoms with E-state index in [0.717, 1.165) is 33.6 Å². The molecular formula is C46H42N6O7S2. The Morgan fingerprint density at radius 3 is 2.13 bits per heavy atom. The molecule has 3 N–H and O–H groups in total. The van der Waals surface area contributed by atoms with Crippen LogP contribution in [-0.4, -0.2) is 74.7 Å². The number of ether oxygens (including phenoxy) is 2. The first kappa shape index (κ1) is 42.3. The summed E-state index contributed by atoms with van der Waals surface area (Å²) < 4.78 is 10.8. The maximum atomic E-state index is 14.4. The van der Waals surface area contributed by atoms with Crippen molar-refractivity contribution >= 4 is 63.8 Å². The summed E-state index contributed by atoms with van der Waals surface area (Å²) in [6, 6.07) is 31.2. The van der Waals surface area contributed by atoms with Gasteiger partial charge in [-0.15, -0.1) is 23.1 Å². The predicted molar refractivity (Wildman–Crippen MR) is 235 cm³/mol. The number of thiazole rings is 1. The molecule has 310 valence electrons. The second kappa shape index (κ2) is 19.5. The van der Waals surface area contributed by atoms with Crippen molar-refractivity contribution in [1.29, 1.82) is 0 Å². The first-order valence-corrected chi connectivity index (χ1v) is 21.4. The summed E-state index contributed by atoms with van der Waals surface area (Å²) in [5.41, 5.74) is 8.38. The van der Waals surface area contributed by atoms with E-state index in [1.807, 2.05) is 104 Å². The standard InChI is InChI=1S/C46H42N6O7S2/c1-3-15-31(43(55)57-4-2)27-58-44(56)39-32(24-23-30-16-14-25-48-26-30)28-60-42-38(41(54)52(39)42)50-40(53)37(36-29-61-45(47)49-36)51-59-46(33-17-8-5-9-18-33,34-19-10-6-11-20-34)35-21-12-7-13-22-35/h5-26,29,38,42H,3-4,27-28H2,1-2H3,(H2,47,49)(H,50,53)/b24-23-,31-15+,51-37?/t38-,42+/m1/s1. The number of nitrogens with two attached hydrogens (primary N) is 1. The number of carbonyl (C=O) groups excluding carboxylic acids is 4. The highest BCUT2D eigenvalue weighted by molar-refractivity contribution is 8.00. The van der Waals surface area contributed by atoms with Gasteiger partial charge in [0.15, 0.2) is 10.8 Å². The molecule has 4 heterocycles. The molecule has 0 radical (unpaired) electrons. The summed E-state index contributed by atoms with van der Waals surface area (Å²) in [5.74, 6) is -2.42. The number of amides is 2. The Hall–Kier alpha value is -6.84. The van der Waals surface area contributed by atoms with Gasteiger partial charge in [0, 0.05) is 40.2 Å². The number of carbonyl (C=O) groups is 4. The zero-order valence-corrected chi connectivity index (χ0v) is 34.9. The molecular weight excluding hydrogens is 813 g/mol. The van der Waals surface area contributed by atoms with E-state index in [2.05, 4.69) is 20.4 Å². The molecule has 13 nitrogen and oxygen atoms in total. The monoisotopic (exact) mass is 854 g/mol. The molecule has 7 rings (SSSR count). The number of thioether (sulfide) groups is 1. The summed E-state index contributed by atoms with van der Waals surface area (Å²) >= 11 is 2.48. The van der Waals surface area contributed by atoms with E-state index in [1.165, 1.54) is 16.7 Å². The van der Waals surface area contributed by atoms with Crippen molar-refractivity contribution in [1.82, 2.24) is 20.2 Å². The van der Waals surface area contributed by atoms with Gasteiger partial charge in [-0.3, -0.25) is 19.5 Å². The number of esters is 2. The highest BCUT2D eigenvalue weighted by atomic mass is 32.2. The number of anilines is 1. The molecule has 0 spiro atoms. The van der Waals surface area contributed by atoms with Gasteiger partial charge in [-0.2, -0.15) is 0 Å². The van der Waals surface area contributed by atoms with E-state index >= 15 is 0 Å². The number of nitrogens with one attached hydrogen (secondary N) is 1. The quantitative estimate of drug-likeness (QED) is 0.0272. The normalized spacial score (nSPS) is 16.8. The second-order valence-electron chi connectivity index (χ2n) is 13.7. The van der Waals surface area contributed by atoms with Crippen LogP contribution in [0.5, 0.6) is 0 Å². The molecule has 0 unspecified atom stereocenters. The Kier molecular flexibility index (Phi) is 13.5. The lowest BCUT2D eigenvalue weighted by Crippen LogP contribution is -2.71. The van der Waals surface area contributed by atoms with E-state index in [0.29, 0.717) is 12.0 Å². The second-order valence-corrected chi connectivity index (χ2v) is 15.7. The molecule has 0 bridgehead atoms. The van der Waals surface area contributed by atoms with Crippen LogP contribution in [0.2, 0.25) is 0 Å². The lowest BCUT2D eigenvalue weighted by atomic mass is 9.80. The average Bonchev–Trinajstić information content (AvgIpc) is 3.73. The van der Waals surface area contributed by atoms with Crippen LogP contribution in [0.4, 0.5) is 5.13 Å². The minimum Gasteiger partial charge on any atom is -0.463 e. The molecule has 61 heavy (non-hydrogen) atoms. The highest BCUT2D eigenvalue weighted by Gasteiger charge is 2.54. The maximum Gasteiger partial charge on any atom is 0.355 e. The van der Waals surface area contributed by atoms with Gasteiger partial charge in [-0.05, 0) is 30.5 Å². The van der Waals surface area contributed by atoms with E-state index in [-0.39, 0.29) is 46.8 Å². The molecule has 0 aliphatic carbocycles. The van der Waals surface area contributed by atoms with Gasteiger partial charge in [0.2, 0.25) is 5.60 Å². The molecule has 1 fully saturated rings. The number of fused-ring (bicyclic) bond motifs is 1. The lowest BCUT2D eigenvalue weighted by molar-refractivity contribution is -0.152. The van der Waals surface area contributed by atoms with Gasteiger partial charge < -0.3 is 25.4 Å². The minimum atomic E-state index is -1.32. The number of hydrogen-bond acceptors (Lipinski definition) is 13. The molecule has 0 saturated carbocycles. The molecule has 5 aromatic rings. The highest BCUT2D eigenvalue weighted by Crippen LogP contribution is 2.43. The van der Waals surface area contributed by atoms with Crippen LogP contribution < -0.4 is 11.1 Å². The number of nitrogens with zero attached hydrogens (tertiary/aromatic N) is 4. The number of aromatic nitrogens is 2. The van der Waals surface area contributed by atoms with Gasteiger partial charge in [-0.1, -0.05) is 127 Å². The largest absolute Gasteiger partial charge is 0.463 e. The van der Waals surface area contributed by atoms with Gasteiger partial charge in [0.05, 0.1) is 12.2 Å². The van der Waals surface area contributed by atoms with Crippen molar-refractivity contribution in [2.24, 2.45) is 5.16 Å². The van der Waals surface area contributed by atoms with Crippen molar-refractivity contribution in [3.05, 3.63) is 178 Å². The fourth-order valence-electron chi connectivity index (χ4n) is 6.92. The number of allylic oxidation sites excluding steroid dienone is 2. The topological polar surface area (TPSA) is 175 Å². The van der Waals surface area contributed by atoms with Crippen LogP contribution >= 0.6 is 23.1 Å². The number of nitrogen functional groups attached to an aromatic ring is 1. The third-order valence-corrected chi connectivity index (χ3v) is 11.8. The Balaban J connectivity index is 1.21. The van der Waals surface area contributed by atoms with Crippen molar-refractivity contribution in [3.8, 4) is 0 Å². The fourth-order valence-corrected chi connectivity index (χ4v) is 8.78. The number of β-lactam (4-membered cyclic amide) rings is 1. The third kappa shape index (κ3) is 9.17. The van der Waals surface area contributed by atoms with Crippen molar-refractivity contribution in [3.63, 3.8) is 0 Å². The summed E-state index contributed by atoms with van der Waals surface area (Å²) in [4.78, 5) is 71.7. The first-order chi connectivity index (χ1) is 29.7. The van der Waals surface area contributed by atoms with Crippen LogP contribution in [-0.2, 0) is 39.1 Å². The molecule has 2 aliphatic rings. The lowest BCUT2D eigenvalue weighted by Gasteiger charge is -2.49. The van der Waals surface area contributed by atoms with Crippen molar-refractivity contribution in [2.75, 3.05) is 24.7 Å². The van der Waals surface area contributed by atoms with E-state index in [1.54, 1.807) is 49.0 Å². The fraction of sp³-hybridized carbons (Fsp3) is 0.196. The van der Waals surface area contributed by atoms with Gasteiger partial charge in [-0.25, -0.2) is 14.6 Å². The Morgan fingerprint density at radius 2 is 1.57 bits per heavy atom. The first-order valence-electron chi connectivity index (χ1n) is 19.5. The van der Waals surface area contributed by atoms with Crippen molar-refractivity contribution in [2.45, 2.75) is 37.3 Å². The number of benzene rings is 3. The predicted octanol–water partition coefficient (Wildman–Crippen LogP) is 6.64. The molecule has 2 aliphatic heterocycles. The van der Waals surface area contributed by atoms with Crippen LogP contribution in [0.3, 0.4) is 0 Å². The number of rotatable bonds is 16. The zero-order valence-electron chi connectivity index (χ0n) is 33.3. The van der Waals surface area contributed by atoms with Crippen LogP contribution in [0, 0.1) is 0 Å². The van der Waals surface area contributed by atoms with Crippen LogP contribution in [0.15, 0.2) is 155 Å². The molecule has 15 heteroatoms. The summed E-state index contributed by atoms with van der Waals surface area (Å²) in [7, 11) is 0. The average molecular weight is 855 g/mol. The summed E-state index contributed by atoms with van der Waals surface area (Å²) in [6.45, 7) is 3.32. The summed E-state index contributed by atoms with van der Waals surface area (Å²) in [6.07, 6.45) is 8.97. The molecule has 1 saturated heterocycles. The maximum absolute atomic E-state index is 14.4. The Bertz CT molecular complexity index is 2400. The number of oxime groups is 1. The van der Waals surface area contributed by atoms with Crippen LogP contribution in [0.25, 0.3) is 6.08 Å². The third-order valence-electron chi connectivity index (χ3n) is 9.78. The van der Waals surface area contributed by atoms with E-state index < -0.39 is 40.8 Å². The Labute approximate surface area is 361 Å². The molecule has 2 aromatic heterocycles. The molecule has 3 aromatic carbocycles. The Morgan fingerprint density at radius 1 is 0.918 bits per heavy atom. The SMILES string of the molecule is CC/C=C(\COC(=O)C1=C(/C=C\c2cccnc2)CS[C@H]2[C@H](NC(=O)C(=NOC(c3ccccc3)(c3ccccc3)c3ccccc3)c3csc(N)n3)C(=O)N12)C(=O)OCC. The van der Waals surface area contributed by atoms with Gasteiger partial charge in [0.1, 0.15) is 29.4 Å². The minimum absolute atomic E-state index is 0.00182. The number of pyridine rings is 1. The van der Waals surface area contributed by atoms with E-state index in [4.69, 9.17) is 20.0 Å².